The molecule has 1 atom stereocenters. The highest BCUT2D eigenvalue weighted by Gasteiger charge is 2.28. The Morgan fingerprint density at radius 1 is 1.33 bits per heavy atom. The highest BCUT2D eigenvalue weighted by molar-refractivity contribution is 7.20. The van der Waals surface area contributed by atoms with Gasteiger partial charge in [0.25, 0.3) is 0 Å². The van der Waals surface area contributed by atoms with Crippen molar-refractivity contribution in [2.75, 3.05) is 11.4 Å². The molecule has 0 saturated carbocycles. The van der Waals surface area contributed by atoms with E-state index in [1.165, 1.54) is 18.4 Å². The monoisotopic (exact) mass is 302 g/mol. The van der Waals surface area contributed by atoms with Crippen molar-refractivity contribution in [1.82, 2.24) is 24.4 Å². The van der Waals surface area contributed by atoms with E-state index >= 15 is 0 Å². The van der Waals surface area contributed by atoms with Gasteiger partial charge in [-0.2, -0.15) is 5.10 Å². The zero-order chi connectivity index (χ0) is 14.4. The second kappa shape index (κ2) is 4.84. The molecule has 1 saturated heterocycles. The van der Waals surface area contributed by atoms with Gasteiger partial charge in [-0.05, 0) is 32.3 Å². The molecule has 3 aromatic rings. The van der Waals surface area contributed by atoms with Crippen LogP contribution in [0.5, 0.6) is 0 Å². The molecule has 1 aliphatic heterocycles. The maximum absolute atomic E-state index is 4.68. The van der Waals surface area contributed by atoms with Crippen molar-refractivity contribution in [2.45, 2.75) is 39.3 Å². The van der Waals surface area contributed by atoms with E-state index in [4.69, 9.17) is 0 Å². The average Bonchev–Trinajstić information content (AvgIpc) is 3.14. The van der Waals surface area contributed by atoms with Gasteiger partial charge in [0, 0.05) is 12.7 Å². The number of rotatable bonds is 3. The predicted molar refractivity (Wildman–Crippen MR) is 82.9 cm³/mol. The molecule has 0 N–H and O–H groups in total. The quantitative estimate of drug-likeness (QED) is 0.745. The Kier molecular flexibility index (Phi) is 2.95. The van der Waals surface area contributed by atoms with Crippen LogP contribution in [-0.2, 0) is 6.54 Å². The Bertz CT molecular complexity index is 738. The first-order chi connectivity index (χ1) is 10.2. The van der Waals surface area contributed by atoms with Crippen LogP contribution in [-0.4, -0.2) is 37.0 Å². The van der Waals surface area contributed by atoms with Crippen molar-refractivity contribution in [1.29, 1.82) is 0 Å². The van der Waals surface area contributed by atoms with Crippen molar-refractivity contribution in [2.24, 2.45) is 0 Å². The van der Waals surface area contributed by atoms with Gasteiger partial charge in [0.05, 0.1) is 30.7 Å². The largest absolute Gasteiger partial charge is 0.342 e. The SMILES string of the molecule is Cc1cnn(C[C@@H]2CCCN2c2nn3cc(C)nc3s2)c1. The minimum Gasteiger partial charge on any atom is -0.342 e. The average molecular weight is 302 g/mol. The minimum absolute atomic E-state index is 0.473. The molecule has 0 radical (unpaired) electrons. The summed E-state index contributed by atoms with van der Waals surface area (Å²) in [7, 11) is 0. The van der Waals surface area contributed by atoms with E-state index in [1.54, 1.807) is 11.3 Å². The highest BCUT2D eigenvalue weighted by Crippen LogP contribution is 2.30. The Morgan fingerprint density at radius 2 is 2.24 bits per heavy atom. The van der Waals surface area contributed by atoms with Crippen LogP contribution in [0, 0.1) is 13.8 Å². The molecule has 0 aromatic carbocycles. The number of anilines is 1. The van der Waals surface area contributed by atoms with Gasteiger partial charge in [-0.3, -0.25) is 4.68 Å². The van der Waals surface area contributed by atoms with E-state index < -0.39 is 0 Å². The molecule has 0 bridgehead atoms. The summed E-state index contributed by atoms with van der Waals surface area (Å²) in [6, 6.07) is 0.473. The summed E-state index contributed by atoms with van der Waals surface area (Å²) in [4.78, 5) is 7.88. The summed E-state index contributed by atoms with van der Waals surface area (Å²) in [6.07, 6.45) is 8.41. The Hall–Kier alpha value is -1.89. The van der Waals surface area contributed by atoms with Crippen LogP contribution < -0.4 is 4.90 Å². The molecule has 4 rings (SSSR count). The molecule has 21 heavy (non-hydrogen) atoms. The summed E-state index contributed by atoms with van der Waals surface area (Å²) in [5, 5.41) is 10.2. The lowest BCUT2D eigenvalue weighted by Crippen LogP contribution is -2.33. The summed E-state index contributed by atoms with van der Waals surface area (Å²) in [6.45, 7) is 6.07. The van der Waals surface area contributed by atoms with Crippen LogP contribution in [0.25, 0.3) is 4.96 Å². The molecule has 0 spiro atoms. The molecular formula is C14H18N6S. The molecule has 7 heteroatoms. The maximum atomic E-state index is 4.68. The van der Waals surface area contributed by atoms with Crippen molar-refractivity contribution in [3.05, 3.63) is 29.8 Å². The molecule has 0 amide bonds. The highest BCUT2D eigenvalue weighted by atomic mass is 32.1. The fraction of sp³-hybridized carbons (Fsp3) is 0.500. The maximum Gasteiger partial charge on any atom is 0.214 e. The topological polar surface area (TPSA) is 51.2 Å². The van der Waals surface area contributed by atoms with Gasteiger partial charge in [0.2, 0.25) is 10.1 Å². The normalized spacial score (nSPS) is 19.0. The molecule has 1 fully saturated rings. The molecule has 0 unspecified atom stereocenters. The van der Waals surface area contributed by atoms with Gasteiger partial charge in [0.15, 0.2) is 0 Å². The van der Waals surface area contributed by atoms with E-state index in [-0.39, 0.29) is 0 Å². The molecule has 110 valence electrons. The van der Waals surface area contributed by atoms with Crippen molar-refractivity contribution in [3.63, 3.8) is 0 Å². The zero-order valence-corrected chi connectivity index (χ0v) is 13.0. The number of aromatic nitrogens is 5. The Morgan fingerprint density at radius 3 is 3.00 bits per heavy atom. The third-order valence-electron chi connectivity index (χ3n) is 3.94. The third kappa shape index (κ3) is 2.31. The van der Waals surface area contributed by atoms with Crippen LogP contribution in [0.3, 0.4) is 0 Å². The number of fused-ring (bicyclic) bond motifs is 1. The summed E-state index contributed by atoms with van der Waals surface area (Å²) in [5.74, 6) is 0. The number of nitrogens with zero attached hydrogens (tertiary/aromatic N) is 6. The summed E-state index contributed by atoms with van der Waals surface area (Å²) >= 11 is 1.67. The lowest BCUT2D eigenvalue weighted by molar-refractivity contribution is 0.508. The van der Waals surface area contributed by atoms with E-state index in [2.05, 4.69) is 33.2 Å². The van der Waals surface area contributed by atoms with Crippen molar-refractivity contribution >= 4 is 21.4 Å². The van der Waals surface area contributed by atoms with Gasteiger partial charge in [0.1, 0.15) is 0 Å². The Balaban J connectivity index is 1.58. The van der Waals surface area contributed by atoms with Crippen LogP contribution in [0.4, 0.5) is 5.13 Å². The lowest BCUT2D eigenvalue weighted by atomic mass is 10.2. The first-order valence-electron chi connectivity index (χ1n) is 7.27. The van der Waals surface area contributed by atoms with E-state index in [1.807, 2.05) is 28.5 Å². The molecular weight excluding hydrogens is 284 g/mol. The zero-order valence-electron chi connectivity index (χ0n) is 12.2. The third-order valence-corrected chi connectivity index (χ3v) is 4.90. The van der Waals surface area contributed by atoms with Crippen LogP contribution in [0.1, 0.15) is 24.1 Å². The first kappa shape index (κ1) is 12.8. The van der Waals surface area contributed by atoms with E-state index in [0.29, 0.717) is 6.04 Å². The van der Waals surface area contributed by atoms with Crippen molar-refractivity contribution in [3.8, 4) is 0 Å². The van der Waals surface area contributed by atoms with Gasteiger partial charge >= 0.3 is 0 Å². The van der Waals surface area contributed by atoms with Gasteiger partial charge in [-0.15, -0.1) is 5.10 Å². The van der Waals surface area contributed by atoms with Gasteiger partial charge in [-0.1, -0.05) is 11.3 Å². The smallest absolute Gasteiger partial charge is 0.214 e. The summed E-state index contributed by atoms with van der Waals surface area (Å²) in [5.41, 5.74) is 2.23. The second-order valence-corrected chi connectivity index (χ2v) is 6.66. The number of imidazole rings is 1. The first-order valence-corrected chi connectivity index (χ1v) is 8.09. The van der Waals surface area contributed by atoms with Crippen LogP contribution in [0.15, 0.2) is 18.6 Å². The standard InChI is InChI=1S/C14H18N6S/c1-10-6-15-18(7-10)9-12-4-3-5-19(12)14-17-20-8-11(2)16-13(20)21-14/h6-8,12H,3-5,9H2,1-2H3/t12-/m0/s1. The molecule has 1 aliphatic rings. The molecule has 4 heterocycles. The predicted octanol–water partition coefficient (Wildman–Crippen LogP) is 2.27. The fourth-order valence-electron chi connectivity index (χ4n) is 2.97. The lowest BCUT2D eigenvalue weighted by Gasteiger charge is -2.23. The van der Waals surface area contributed by atoms with Gasteiger partial charge < -0.3 is 4.90 Å². The van der Waals surface area contributed by atoms with Crippen LogP contribution >= 0.6 is 11.3 Å². The molecule has 6 nitrogen and oxygen atoms in total. The summed E-state index contributed by atoms with van der Waals surface area (Å²) < 4.78 is 3.93. The van der Waals surface area contributed by atoms with E-state index in [0.717, 1.165) is 28.9 Å². The van der Waals surface area contributed by atoms with Crippen molar-refractivity contribution < 1.29 is 0 Å². The fourth-order valence-corrected chi connectivity index (χ4v) is 4.00. The molecule has 0 aliphatic carbocycles. The number of aryl methyl sites for hydroxylation is 2. The van der Waals surface area contributed by atoms with E-state index in [9.17, 15) is 0 Å². The van der Waals surface area contributed by atoms with Gasteiger partial charge in [-0.25, -0.2) is 9.50 Å². The van der Waals surface area contributed by atoms with Crippen LogP contribution in [0.2, 0.25) is 0 Å². The number of hydrogen-bond donors (Lipinski definition) is 0. The second-order valence-electron chi connectivity index (χ2n) is 5.72. The molecule has 3 aromatic heterocycles. The minimum atomic E-state index is 0.473. The number of hydrogen-bond acceptors (Lipinski definition) is 5. The Labute approximate surface area is 127 Å².